The van der Waals surface area contributed by atoms with E-state index in [9.17, 15) is 14.7 Å². The Labute approximate surface area is 142 Å². The van der Waals surface area contributed by atoms with Crippen LogP contribution >= 0.6 is 0 Å². The predicted octanol–water partition coefficient (Wildman–Crippen LogP) is 1.35. The Kier molecular flexibility index (Phi) is 4.87. The Morgan fingerprint density at radius 1 is 1.25 bits per heavy atom. The summed E-state index contributed by atoms with van der Waals surface area (Å²) < 4.78 is 5.92. The molecule has 0 saturated carbocycles. The molecule has 6 nitrogen and oxygen atoms in total. The normalized spacial score (nSPS) is 23.5. The number of aliphatic carboxylic acids is 1. The Balaban J connectivity index is 1.81. The molecule has 0 bridgehead atoms. The molecule has 2 fully saturated rings. The average Bonchev–Trinajstić information content (AvgIpc) is 2.96. The van der Waals surface area contributed by atoms with Gasteiger partial charge in [-0.05, 0) is 12.1 Å². The van der Waals surface area contributed by atoms with Crippen molar-refractivity contribution < 1.29 is 19.4 Å². The molecule has 2 aliphatic rings. The van der Waals surface area contributed by atoms with Crippen LogP contribution in [0.4, 0.5) is 0 Å². The minimum Gasteiger partial charge on any atom is -0.480 e. The molecule has 3 rings (SSSR count). The molecule has 2 aliphatic heterocycles. The Morgan fingerprint density at radius 2 is 1.92 bits per heavy atom. The molecular weight excluding hydrogens is 308 g/mol. The van der Waals surface area contributed by atoms with Crippen molar-refractivity contribution in [3.05, 3.63) is 35.9 Å². The molecule has 2 heterocycles. The number of nitrogens with zero attached hydrogens (tertiary/aromatic N) is 2. The summed E-state index contributed by atoms with van der Waals surface area (Å²) in [7, 11) is 0. The number of ether oxygens (including phenoxy) is 1. The minimum atomic E-state index is -0.994. The number of rotatable bonds is 4. The van der Waals surface area contributed by atoms with Crippen molar-refractivity contribution in [3.8, 4) is 0 Å². The van der Waals surface area contributed by atoms with Gasteiger partial charge in [0.1, 0.15) is 5.72 Å². The molecule has 24 heavy (non-hydrogen) atoms. The standard InChI is InChI=1S/C18H24N2O4/c1-2-19-10-8-18(9-11-19)20(15(13-24-18)17(22)23)16(21)12-14-6-4-3-5-7-14/h3-7,15H,2,8-13H2,1H3,(H,22,23). The fourth-order valence-electron chi connectivity index (χ4n) is 3.70. The zero-order chi connectivity index (χ0) is 17.2. The molecule has 1 atom stereocenters. The van der Waals surface area contributed by atoms with Gasteiger partial charge < -0.3 is 14.7 Å². The zero-order valence-corrected chi connectivity index (χ0v) is 14.0. The molecule has 0 aromatic heterocycles. The van der Waals surface area contributed by atoms with Crippen LogP contribution in [0.3, 0.4) is 0 Å². The van der Waals surface area contributed by atoms with E-state index in [1.807, 2.05) is 30.3 Å². The van der Waals surface area contributed by atoms with E-state index in [1.165, 1.54) is 4.90 Å². The largest absolute Gasteiger partial charge is 0.480 e. The highest BCUT2D eigenvalue weighted by molar-refractivity contribution is 5.86. The van der Waals surface area contributed by atoms with Crippen molar-refractivity contribution in [2.24, 2.45) is 0 Å². The summed E-state index contributed by atoms with van der Waals surface area (Å²) in [4.78, 5) is 28.4. The molecule has 0 aliphatic carbocycles. The minimum absolute atomic E-state index is 0.0714. The number of likely N-dealkylation sites (tertiary alicyclic amines) is 1. The van der Waals surface area contributed by atoms with Crippen LogP contribution in [0.25, 0.3) is 0 Å². The van der Waals surface area contributed by atoms with E-state index < -0.39 is 17.7 Å². The first-order chi connectivity index (χ1) is 11.6. The SMILES string of the molecule is CCN1CCC2(CC1)OCC(C(=O)O)N2C(=O)Cc1ccccc1. The van der Waals surface area contributed by atoms with Gasteiger partial charge in [0.2, 0.25) is 5.91 Å². The molecule has 1 amide bonds. The van der Waals surface area contributed by atoms with E-state index in [1.54, 1.807) is 0 Å². The molecule has 1 aromatic rings. The lowest BCUT2D eigenvalue weighted by atomic mass is 9.97. The van der Waals surface area contributed by atoms with Crippen molar-refractivity contribution >= 4 is 11.9 Å². The first kappa shape index (κ1) is 16.9. The molecule has 1 spiro atoms. The van der Waals surface area contributed by atoms with Gasteiger partial charge in [-0.2, -0.15) is 0 Å². The monoisotopic (exact) mass is 332 g/mol. The fourth-order valence-corrected chi connectivity index (χ4v) is 3.70. The third kappa shape index (κ3) is 3.16. The molecule has 1 unspecified atom stereocenters. The summed E-state index contributed by atoms with van der Waals surface area (Å²) in [6.07, 6.45) is 1.52. The number of hydrogen-bond acceptors (Lipinski definition) is 4. The lowest BCUT2D eigenvalue weighted by molar-refractivity contribution is -0.165. The quantitative estimate of drug-likeness (QED) is 0.901. The predicted molar refractivity (Wildman–Crippen MR) is 88.4 cm³/mol. The van der Waals surface area contributed by atoms with Crippen molar-refractivity contribution in [2.45, 2.75) is 38.0 Å². The second-order valence-corrected chi connectivity index (χ2v) is 6.47. The zero-order valence-electron chi connectivity index (χ0n) is 14.0. The molecule has 0 radical (unpaired) electrons. The molecular formula is C18H24N2O4. The van der Waals surface area contributed by atoms with Crippen LogP contribution in [0, 0.1) is 0 Å². The van der Waals surface area contributed by atoms with Crippen LogP contribution in [0.5, 0.6) is 0 Å². The van der Waals surface area contributed by atoms with Gasteiger partial charge in [0.05, 0.1) is 13.0 Å². The summed E-state index contributed by atoms with van der Waals surface area (Å²) in [5.74, 6) is -1.16. The Morgan fingerprint density at radius 3 is 2.50 bits per heavy atom. The number of benzene rings is 1. The highest BCUT2D eigenvalue weighted by atomic mass is 16.5. The summed E-state index contributed by atoms with van der Waals surface area (Å²) in [6.45, 7) is 4.76. The van der Waals surface area contributed by atoms with Crippen molar-refractivity contribution in [3.63, 3.8) is 0 Å². The van der Waals surface area contributed by atoms with E-state index in [0.717, 1.165) is 25.2 Å². The Bertz CT molecular complexity index is 596. The van der Waals surface area contributed by atoms with Gasteiger partial charge in [0.15, 0.2) is 6.04 Å². The maximum Gasteiger partial charge on any atom is 0.328 e. The summed E-state index contributed by atoms with van der Waals surface area (Å²) >= 11 is 0. The number of carboxylic acids is 1. The molecule has 2 saturated heterocycles. The molecule has 1 N–H and O–H groups in total. The topological polar surface area (TPSA) is 70.1 Å². The number of carbonyl (C=O) groups is 2. The van der Waals surface area contributed by atoms with Gasteiger partial charge in [-0.25, -0.2) is 4.79 Å². The number of amides is 1. The average molecular weight is 332 g/mol. The lowest BCUT2D eigenvalue weighted by Crippen LogP contribution is -2.58. The van der Waals surface area contributed by atoms with Crippen LogP contribution in [-0.4, -0.2) is 64.8 Å². The lowest BCUT2D eigenvalue weighted by Gasteiger charge is -2.44. The summed E-state index contributed by atoms with van der Waals surface area (Å²) in [5, 5.41) is 9.53. The van der Waals surface area contributed by atoms with E-state index in [2.05, 4.69) is 11.8 Å². The van der Waals surface area contributed by atoms with Gasteiger partial charge >= 0.3 is 5.97 Å². The Hall–Kier alpha value is -1.92. The first-order valence-electron chi connectivity index (χ1n) is 8.51. The molecule has 130 valence electrons. The van der Waals surface area contributed by atoms with Crippen LogP contribution in [0.15, 0.2) is 30.3 Å². The number of hydrogen-bond donors (Lipinski definition) is 1. The van der Waals surface area contributed by atoms with Gasteiger partial charge in [-0.1, -0.05) is 37.3 Å². The van der Waals surface area contributed by atoms with Crippen molar-refractivity contribution in [1.29, 1.82) is 0 Å². The summed E-state index contributed by atoms with van der Waals surface area (Å²) in [6, 6.07) is 8.54. The van der Waals surface area contributed by atoms with Crippen LogP contribution in [0.1, 0.15) is 25.3 Å². The van der Waals surface area contributed by atoms with Gasteiger partial charge in [-0.3, -0.25) is 9.69 Å². The smallest absolute Gasteiger partial charge is 0.328 e. The highest BCUT2D eigenvalue weighted by Gasteiger charge is 2.53. The molecule has 1 aromatic carbocycles. The van der Waals surface area contributed by atoms with Crippen LogP contribution < -0.4 is 0 Å². The van der Waals surface area contributed by atoms with E-state index in [-0.39, 0.29) is 18.9 Å². The van der Waals surface area contributed by atoms with Crippen molar-refractivity contribution in [2.75, 3.05) is 26.2 Å². The fraction of sp³-hybridized carbons (Fsp3) is 0.556. The van der Waals surface area contributed by atoms with Gasteiger partial charge in [-0.15, -0.1) is 0 Å². The second kappa shape index (κ2) is 6.91. The van der Waals surface area contributed by atoms with E-state index >= 15 is 0 Å². The van der Waals surface area contributed by atoms with Gasteiger partial charge in [0, 0.05) is 25.9 Å². The maximum atomic E-state index is 12.9. The van der Waals surface area contributed by atoms with Crippen LogP contribution in [0.2, 0.25) is 0 Å². The number of carbonyl (C=O) groups excluding carboxylic acids is 1. The highest BCUT2D eigenvalue weighted by Crippen LogP contribution is 2.37. The third-order valence-electron chi connectivity index (χ3n) is 5.10. The second-order valence-electron chi connectivity index (χ2n) is 6.47. The third-order valence-corrected chi connectivity index (χ3v) is 5.10. The number of carboxylic acid groups (broad SMARTS) is 1. The summed E-state index contributed by atoms with van der Waals surface area (Å²) in [5.41, 5.74) is 0.125. The maximum absolute atomic E-state index is 12.9. The first-order valence-corrected chi connectivity index (χ1v) is 8.51. The molecule has 6 heteroatoms. The van der Waals surface area contributed by atoms with Crippen LogP contribution in [-0.2, 0) is 20.7 Å². The van der Waals surface area contributed by atoms with Gasteiger partial charge in [0.25, 0.3) is 0 Å². The van der Waals surface area contributed by atoms with E-state index in [0.29, 0.717) is 12.8 Å². The van der Waals surface area contributed by atoms with Crippen molar-refractivity contribution in [1.82, 2.24) is 9.80 Å². The number of piperidine rings is 1. The van der Waals surface area contributed by atoms with E-state index in [4.69, 9.17) is 4.74 Å².